The number of anilines is 1. The van der Waals surface area contributed by atoms with Gasteiger partial charge in [-0.3, -0.25) is 0 Å². The number of hydrogen-bond donors (Lipinski definition) is 4. The number of aliphatic hydroxyl groups is 3. The Morgan fingerprint density at radius 2 is 1.67 bits per heavy atom. The highest BCUT2D eigenvalue weighted by Crippen LogP contribution is 2.26. The molecule has 0 aliphatic heterocycles. The number of nitrogen functional groups attached to an aromatic ring is 1. The van der Waals surface area contributed by atoms with Gasteiger partial charge in [0.05, 0.1) is 6.61 Å². The molecule has 0 amide bonds. The monoisotopic (exact) mass is 211 g/mol. The average Bonchev–Trinajstić information content (AvgIpc) is 2.14. The molecule has 1 aromatic rings. The lowest BCUT2D eigenvalue weighted by atomic mass is 9.94. The average molecular weight is 211 g/mol. The third kappa shape index (κ3) is 2.47. The standard InChI is InChI=1S/C11H17NO3/c1-6-3-8(12)4-7(2)10(6)11(15)9(14)5-13/h3-4,9,11,13-15H,5,12H2,1-2H3. The highest BCUT2D eigenvalue weighted by Gasteiger charge is 2.21. The largest absolute Gasteiger partial charge is 0.399 e. The smallest absolute Gasteiger partial charge is 0.108 e. The van der Waals surface area contributed by atoms with Gasteiger partial charge < -0.3 is 21.1 Å². The van der Waals surface area contributed by atoms with Crippen LogP contribution in [0.5, 0.6) is 0 Å². The van der Waals surface area contributed by atoms with Crippen LogP contribution in [-0.4, -0.2) is 28.0 Å². The molecule has 0 aliphatic carbocycles. The van der Waals surface area contributed by atoms with E-state index < -0.39 is 18.8 Å². The summed E-state index contributed by atoms with van der Waals surface area (Å²) in [6, 6.07) is 3.46. The molecule has 0 aliphatic rings. The molecule has 2 atom stereocenters. The predicted octanol–water partition coefficient (Wildman–Crippen LogP) is 0.272. The topological polar surface area (TPSA) is 86.7 Å². The van der Waals surface area contributed by atoms with Crippen LogP contribution in [0, 0.1) is 13.8 Å². The van der Waals surface area contributed by atoms with Gasteiger partial charge in [0.15, 0.2) is 0 Å². The quantitative estimate of drug-likeness (QED) is 0.541. The molecule has 4 nitrogen and oxygen atoms in total. The Hall–Kier alpha value is -1.10. The minimum atomic E-state index is -1.16. The number of hydrogen-bond acceptors (Lipinski definition) is 4. The van der Waals surface area contributed by atoms with Gasteiger partial charge in [0.25, 0.3) is 0 Å². The van der Waals surface area contributed by atoms with E-state index in [1.807, 2.05) is 13.8 Å². The molecule has 4 heteroatoms. The van der Waals surface area contributed by atoms with Crippen LogP contribution in [0.1, 0.15) is 22.8 Å². The van der Waals surface area contributed by atoms with Crippen molar-refractivity contribution < 1.29 is 15.3 Å². The lowest BCUT2D eigenvalue weighted by molar-refractivity contribution is -0.0158. The van der Waals surface area contributed by atoms with Crippen LogP contribution in [0.4, 0.5) is 5.69 Å². The van der Waals surface area contributed by atoms with E-state index in [4.69, 9.17) is 10.8 Å². The fourth-order valence-corrected chi connectivity index (χ4v) is 1.77. The number of benzene rings is 1. The van der Waals surface area contributed by atoms with Crippen LogP contribution in [0.3, 0.4) is 0 Å². The minimum Gasteiger partial charge on any atom is -0.399 e. The minimum absolute atomic E-state index is 0.468. The van der Waals surface area contributed by atoms with E-state index in [-0.39, 0.29) is 0 Å². The van der Waals surface area contributed by atoms with Gasteiger partial charge in [-0.25, -0.2) is 0 Å². The molecule has 2 unspecified atom stereocenters. The molecule has 84 valence electrons. The van der Waals surface area contributed by atoms with Crippen molar-refractivity contribution in [3.05, 3.63) is 28.8 Å². The summed E-state index contributed by atoms with van der Waals surface area (Å²) in [6.45, 7) is 3.16. The second kappa shape index (κ2) is 4.61. The second-order valence-corrected chi connectivity index (χ2v) is 3.76. The van der Waals surface area contributed by atoms with Gasteiger partial charge in [-0.05, 0) is 42.7 Å². The summed E-state index contributed by atoms with van der Waals surface area (Å²) in [5.74, 6) is 0. The first-order valence-corrected chi connectivity index (χ1v) is 4.81. The Bertz CT molecular complexity index is 329. The Kier molecular flexibility index (Phi) is 3.68. The van der Waals surface area contributed by atoms with E-state index in [9.17, 15) is 10.2 Å². The number of aryl methyl sites for hydroxylation is 2. The van der Waals surface area contributed by atoms with Crippen molar-refractivity contribution >= 4 is 5.69 Å². The van der Waals surface area contributed by atoms with Gasteiger partial charge in [-0.15, -0.1) is 0 Å². The maximum Gasteiger partial charge on any atom is 0.108 e. The summed E-state index contributed by atoms with van der Waals surface area (Å²) in [5.41, 5.74) is 8.52. The molecule has 0 fully saturated rings. The van der Waals surface area contributed by atoms with Crippen molar-refractivity contribution in [1.29, 1.82) is 0 Å². The lowest BCUT2D eigenvalue weighted by Gasteiger charge is -2.20. The molecule has 1 aromatic carbocycles. The number of rotatable bonds is 3. The van der Waals surface area contributed by atoms with Crippen molar-refractivity contribution in [3.63, 3.8) is 0 Å². The fraction of sp³-hybridized carbons (Fsp3) is 0.455. The Morgan fingerprint density at radius 1 is 1.20 bits per heavy atom. The summed E-state index contributed by atoms with van der Waals surface area (Å²) in [5, 5.41) is 27.9. The van der Waals surface area contributed by atoms with Gasteiger partial charge in [-0.2, -0.15) is 0 Å². The fourth-order valence-electron chi connectivity index (χ4n) is 1.77. The summed E-state index contributed by atoms with van der Waals surface area (Å²) in [7, 11) is 0. The third-order valence-electron chi connectivity index (χ3n) is 2.46. The maximum atomic E-state index is 9.79. The maximum absolute atomic E-state index is 9.79. The van der Waals surface area contributed by atoms with Gasteiger partial charge in [0, 0.05) is 5.69 Å². The van der Waals surface area contributed by atoms with E-state index in [2.05, 4.69) is 0 Å². The van der Waals surface area contributed by atoms with E-state index in [1.54, 1.807) is 12.1 Å². The van der Waals surface area contributed by atoms with Crippen LogP contribution in [0.15, 0.2) is 12.1 Å². The molecule has 15 heavy (non-hydrogen) atoms. The van der Waals surface area contributed by atoms with Crippen molar-refractivity contribution in [3.8, 4) is 0 Å². The number of nitrogens with two attached hydrogens (primary N) is 1. The molecule has 1 rings (SSSR count). The highest BCUT2D eigenvalue weighted by molar-refractivity contribution is 5.49. The molecule has 0 saturated carbocycles. The molecule has 0 bridgehead atoms. The van der Waals surface area contributed by atoms with Crippen LogP contribution in [-0.2, 0) is 0 Å². The Labute approximate surface area is 89.0 Å². The lowest BCUT2D eigenvalue weighted by Crippen LogP contribution is -2.23. The van der Waals surface area contributed by atoms with E-state index in [0.29, 0.717) is 11.3 Å². The van der Waals surface area contributed by atoms with Crippen LogP contribution in [0.25, 0.3) is 0 Å². The molecular formula is C11H17NO3. The third-order valence-corrected chi connectivity index (χ3v) is 2.46. The van der Waals surface area contributed by atoms with Gasteiger partial charge in [0.2, 0.25) is 0 Å². The van der Waals surface area contributed by atoms with Gasteiger partial charge >= 0.3 is 0 Å². The van der Waals surface area contributed by atoms with Crippen LogP contribution >= 0.6 is 0 Å². The first kappa shape index (κ1) is 12.0. The molecule has 0 heterocycles. The molecule has 0 saturated heterocycles. The zero-order valence-electron chi connectivity index (χ0n) is 8.94. The molecule has 0 spiro atoms. The van der Waals surface area contributed by atoms with Gasteiger partial charge in [-0.1, -0.05) is 0 Å². The first-order chi connectivity index (χ1) is 6.97. The summed E-state index contributed by atoms with van der Waals surface area (Å²) >= 11 is 0. The zero-order chi connectivity index (χ0) is 11.6. The van der Waals surface area contributed by atoms with Crippen molar-refractivity contribution in [2.75, 3.05) is 12.3 Å². The summed E-state index contributed by atoms with van der Waals surface area (Å²) in [4.78, 5) is 0. The summed E-state index contributed by atoms with van der Waals surface area (Å²) in [6.07, 6.45) is -2.23. The Balaban J connectivity index is 3.13. The van der Waals surface area contributed by atoms with Gasteiger partial charge in [0.1, 0.15) is 12.2 Å². The van der Waals surface area contributed by atoms with E-state index in [1.165, 1.54) is 0 Å². The normalized spacial score (nSPS) is 15.0. The molecule has 5 N–H and O–H groups in total. The number of aliphatic hydroxyl groups excluding tert-OH is 3. The van der Waals surface area contributed by atoms with Crippen molar-refractivity contribution in [2.24, 2.45) is 0 Å². The van der Waals surface area contributed by atoms with Crippen molar-refractivity contribution in [2.45, 2.75) is 26.1 Å². The molecular weight excluding hydrogens is 194 g/mol. The molecule has 0 radical (unpaired) electrons. The second-order valence-electron chi connectivity index (χ2n) is 3.76. The summed E-state index contributed by atoms with van der Waals surface area (Å²) < 4.78 is 0. The zero-order valence-corrected chi connectivity index (χ0v) is 8.94. The highest BCUT2D eigenvalue weighted by atomic mass is 16.4. The SMILES string of the molecule is Cc1cc(N)cc(C)c1C(O)C(O)CO. The predicted molar refractivity (Wildman–Crippen MR) is 58.4 cm³/mol. The Morgan fingerprint density at radius 3 is 2.07 bits per heavy atom. The first-order valence-electron chi connectivity index (χ1n) is 4.81. The van der Waals surface area contributed by atoms with E-state index in [0.717, 1.165) is 11.1 Å². The van der Waals surface area contributed by atoms with Crippen LogP contribution in [0.2, 0.25) is 0 Å². The van der Waals surface area contributed by atoms with Crippen molar-refractivity contribution in [1.82, 2.24) is 0 Å². The van der Waals surface area contributed by atoms with Crippen LogP contribution < -0.4 is 5.73 Å². The van der Waals surface area contributed by atoms with E-state index >= 15 is 0 Å². The molecule has 0 aromatic heterocycles.